The molecule has 0 saturated heterocycles. The zero-order valence-electron chi connectivity index (χ0n) is 10.9. The molecule has 0 fully saturated rings. The minimum Gasteiger partial charge on any atom is -0.364 e. The molecule has 0 aliphatic heterocycles. The van der Waals surface area contributed by atoms with Gasteiger partial charge < -0.3 is 5.32 Å². The number of rotatable bonds is 6. The summed E-state index contributed by atoms with van der Waals surface area (Å²) >= 11 is 1.65. The number of nitro groups is 1. The van der Waals surface area contributed by atoms with E-state index in [4.69, 9.17) is 0 Å². The van der Waals surface area contributed by atoms with Crippen molar-refractivity contribution in [1.29, 1.82) is 0 Å². The van der Waals surface area contributed by atoms with E-state index in [1.807, 2.05) is 12.3 Å². The van der Waals surface area contributed by atoms with Crippen molar-refractivity contribution in [3.05, 3.63) is 38.2 Å². The Bertz CT molecular complexity index is 563. The molecule has 102 valence electrons. The molecule has 0 aliphatic rings. The van der Waals surface area contributed by atoms with Crippen LogP contribution in [0.4, 0.5) is 11.5 Å². The zero-order valence-corrected chi connectivity index (χ0v) is 11.7. The summed E-state index contributed by atoms with van der Waals surface area (Å²) in [5.74, 6) is 0.483. The van der Waals surface area contributed by atoms with E-state index in [9.17, 15) is 10.1 Å². The van der Waals surface area contributed by atoms with Crippen LogP contribution in [-0.4, -0.2) is 21.2 Å². The third-order valence-corrected chi connectivity index (χ3v) is 3.63. The number of nitrogens with zero attached hydrogens (tertiary/aromatic N) is 3. The van der Waals surface area contributed by atoms with Gasteiger partial charge in [-0.2, -0.15) is 16.4 Å². The minimum atomic E-state index is -0.362. The molecule has 0 amide bonds. The van der Waals surface area contributed by atoms with Gasteiger partial charge in [0.05, 0.1) is 4.92 Å². The third kappa shape index (κ3) is 2.93. The molecule has 2 aromatic rings. The summed E-state index contributed by atoms with van der Waals surface area (Å²) in [6.07, 6.45) is 1.39. The fraction of sp³-hybridized carbons (Fsp3) is 0.417. The van der Waals surface area contributed by atoms with Gasteiger partial charge in [0.1, 0.15) is 5.69 Å². The van der Waals surface area contributed by atoms with Crippen molar-refractivity contribution in [3.8, 4) is 0 Å². The average Bonchev–Trinajstić information content (AvgIpc) is 2.97. The maximum atomic E-state index is 11.1. The van der Waals surface area contributed by atoms with Crippen molar-refractivity contribution < 1.29 is 4.92 Å². The van der Waals surface area contributed by atoms with Crippen molar-refractivity contribution in [1.82, 2.24) is 9.78 Å². The molecule has 7 heteroatoms. The van der Waals surface area contributed by atoms with Crippen LogP contribution in [0.2, 0.25) is 0 Å². The lowest BCUT2D eigenvalue weighted by Crippen LogP contribution is -2.09. The Morgan fingerprint density at radius 1 is 1.58 bits per heavy atom. The SMILES string of the molecule is CCc1nn(C)c(NCCc2ccsc2)c1[N+](=O)[O-]. The fourth-order valence-electron chi connectivity index (χ4n) is 1.96. The first kappa shape index (κ1) is 13.5. The number of aryl methyl sites for hydroxylation is 2. The van der Waals surface area contributed by atoms with Gasteiger partial charge in [0.15, 0.2) is 0 Å². The molecular formula is C12H16N4O2S. The van der Waals surface area contributed by atoms with E-state index in [0.29, 0.717) is 24.5 Å². The molecule has 2 aromatic heterocycles. The molecular weight excluding hydrogens is 264 g/mol. The predicted molar refractivity (Wildman–Crippen MR) is 75.8 cm³/mol. The highest BCUT2D eigenvalue weighted by Gasteiger charge is 2.25. The largest absolute Gasteiger partial charge is 0.364 e. The second kappa shape index (κ2) is 5.83. The van der Waals surface area contributed by atoms with Crippen LogP contribution in [0.5, 0.6) is 0 Å². The van der Waals surface area contributed by atoms with Crippen molar-refractivity contribution in [3.63, 3.8) is 0 Å². The second-order valence-electron chi connectivity index (χ2n) is 4.19. The van der Waals surface area contributed by atoms with E-state index in [0.717, 1.165) is 6.42 Å². The van der Waals surface area contributed by atoms with Crippen LogP contribution in [0.25, 0.3) is 0 Å². The van der Waals surface area contributed by atoms with E-state index in [1.165, 1.54) is 5.56 Å². The quantitative estimate of drug-likeness (QED) is 0.652. The van der Waals surface area contributed by atoms with Crippen LogP contribution in [-0.2, 0) is 19.9 Å². The summed E-state index contributed by atoms with van der Waals surface area (Å²) < 4.78 is 1.55. The molecule has 19 heavy (non-hydrogen) atoms. The number of anilines is 1. The van der Waals surface area contributed by atoms with Gasteiger partial charge in [-0.15, -0.1) is 0 Å². The number of nitrogens with one attached hydrogen (secondary N) is 1. The van der Waals surface area contributed by atoms with Crippen LogP contribution < -0.4 is 5.32 Å². The van der Waals surface area contributed by atoms with Gasteiger partial charge in [0.25, 0.3) is 0 Å². The van der Waals surface area contributed by atoms with Gasteiger partial charge in [-0.05, 0) is 35.2 Å². The Kier molecular flexibility index (Phi) is 4.16. The molecule has 0 unspecified atom stereocenters. The maximum Gasteiger partial charge on any atom is 0.333 e. The van der Waals surface area contributed by atoms with Gasteiger partial charge in [-0.25, -0.2) is 4.68 Å². The average molecular weight is 280 g/mol. The van der Waals surface area contributed by atoms with E-state index in [1.54, 1.807) is 23.1 Å². The van der Waals surface area contributed by atoms with Gasteiger partial charge in [0.2, 0.25) is 5.82 Å². The Morgan fingerprint density at radius 2 is 2.37 bits per heavy atom. The van der Waals surface area contributed by atoms with Gasteiger partial charge in [-0.1, -0.05) is 6.92 Å². The molecule has 0 spiro atoms. The van der Waals surface area contributed by atoms with Crippen LogP contribution >= 0.6 is 11.3 Å². The molecule has 6 nitrogen and oxygen atoms in total. The van der Waals surface area contributed by atoms with E-state index < -0.39 is 0 Å². The Hall–Kier alpha value is -1.89. The Balaban J connectivity index is 2.10. The van der Waals surface area contributed by atoms with E-state index >= 15 is 0 Å². The lowest BCUT2D eigenvalue weighted by molar-refractivity contribution is -0.384. The van der Waals surface area contributed by atoms with Crippen molar-refractivity contribution in [2.24, 2.45) is 7.05 Å². The molecule has 0 saturated carbocycles. The van der Waals surface area contributed by atoms with Crippen LogP contribution in [0.1, 0.15) is 18.2 Å². The van der Waals surface area contributed by atoms with E-state index in [-0.39, 0.29) is 10.6 Å². The molecule has 0 aliphatic carbocycles. The highest BCUT2D eigenvalue weighted by molar-refractivity contribution is 7.07. The van der Waals surface area contributed by atoms with Gasteiger partial charge in [0, 0.05) is 13.6 Å². The summed E-state index contributed by atoms with van der Waals surface area (Å²) in [5, 5.41) is 22.5. The monoisotopic (exact) mass is 280 g/mol. The summed E-state index contributed by atoms with van der Waals surface area (Å²) in [5.41, 5.74) is 1.85. The maximum absolute atomic E-state index is 11.1. The molecule has 0 radical (unpaired) electrons. The fourth-order valence-corrected chi connectivity index (χ4v) is 2.66. The number of hydrogen-bond acceptors (Lipinski definition) is 5. The minimum absolute atomic E-state index is 0.0929. The summed E-state index contributed by atoms with van der Waals surface area (Å²) in [7, 11) is 1.72. The Morgan fingerprint density at radius 3 is 2.95 bits per heavy atom. The normalized spacial score (nSPS) is 10.6. The van der Waals surface area contributed by atoms with Crippen LogP contribution in [0, 0.1) is 10.1 Å². The first-order valence-corrected chi connectivity index (χ1v) is 7.03. The van der Waals surface area contributed by atoms with Gasteiger partial charge >= 0.3 is 5.69 Å². The topological polar surface area (TPSA) is 73.0 Å². The lowest BCUT2D eigenvalue weighted by atomic mass is 10.2. The van der Waals surface area contributed by atoms with Crippen molar-refractivity contribution in [2.45, 2.75) is 19.8 Å². The second-order valence-corrected chi connectivity index (χ2v) is 4.97. The van der Waals surface area contributed by atoms with Crippen LogP contribution in [0.3, 0.4) is 0 Å². The number of aromatic nitrogens is 2. The summed E-state index contributed by atoms with van der Waals surface area (Å²) in [6.45, 7) is 2.52. The number of hydrogen-bond donors (Lipinski definition) is 1. The highest BCUT2D eigenvalue weighted by Crippen LogP contribution is 2.28. The first-order valence-electron chi connectivity index (χ1n) is 6.08. The smallest absolute Gasteiger partial charge is 0.333 e. The van der Waals surface area contributed by atoms with E-state index in [2.05, 4.69) is 21.9 Å². The Labute approximate surface area is 115 Å². The molecule has 2 heterocycles. The standard InChI is InChI=1S/C12H16N4O2S/c1-3-10-11(16(17)18)12(15(2)14-10)13-6-4-9-5-7-19-8-9/h5,7-8,13H,3-4,6H2,1-2H3. The molecule has 0 aromatic carbocycles. The summed E-state index contributed by atoms with van der Waals surface area (Å²) in [4.78, 5) is 10.8. The highest BCUT2D eigenvalue weighted by atomic mass is 32.1. The van der Waals surface area contributed by atoms with Gasteiger partial charge in [-0.3, -0.25) is 10.1 Å². The molecule has 1 N–H and O–H groups in total. The summed E-state index contributed by atoms with van der Waals surface area (Å²) in [6, 6.07) is 2.06. The molecule has 0 atom stereocenters. The first-order chi connectivity index (χ1) is 9.13. The zero-order chi connectivity index (χ0) is 13.8. The van der Waals surface area contributed by atoms with Crippen molar-refractivity contribution >= 4 is 22.8 Å². The van der Waals surface area contributed by atoms with Crippen molar-refractivity contribution in [2.75, 3.05) is 11.9 Å². The number of thiophene rings is 1. The lowest BCUT2D eigenvalue weighted by Gasteiger charge is -2.05. The predicted octanol–water partition coefficient (Wildman–Crippen LogP) is 2.61. The molecule has 2 rings (SSSR count). The van der Waals surface area contributed by atoms with Crippen LogP contribution in [0.15, 0.2) is 16.8 Å². The molecule has 0 bridgehead atoms. The third-order valence-electron chi connectivity index (χ3n) is 2.90.